The van der Waals surface area contributed by atoms with Gasteiger partial charge in [-0.2, -0.15) is 0 Å². The summed E-state index contributed by atoms with van der Waals surface area (Å²) in [6.07, 6.45) is 2.88. The van der Waals surface area contributed by atoms with Crippen LogP contribution in [0.3, 0.4) is 0 Å². The quantitative estimate of drug-likeness (QED) is 0.594. The molecule has 5 heteroatoms. The molecule has 1 aliphatic carbocycles. The third kappa shape index (κ3) is 1.52. The Bertz CT molecular complexity index is 1070. The number of carbonyl (C=O) groups excluding carboxylic acids is 1. The van der Waals surface area contributed by atoms with Crippen molar-refractivity contribution in [2.45, 2.75) is 38.6 Å². The largest absolute Gasteiger partial charge is 0.505 e. The van der Waals surface area contributed by atoms with E-state index in [2.05, 4.69) is 37.0 Å². The zero-order valence-corrected chi connectivity index (χ0v) is 14.4. The lowest BCUT2D eigenvalue weighted by atomic mass is 9.70. The van der Waals surface area contributed by atoms with Crippen molar-refractivity contribution in [3.63, 3.8) is 0 Å². The van der Waals surface area contributed by atoms with E-state index in [9.17, 15) is 15.0 Å². The smallest absolute Gasteiger partial charge is 0.206 e. The number of rotatable bonds is 1. The molecule has 0 radical (unpaired) electrons. The number of Topliss-reactive ketones (excluding diaryl/α,β-unsaturated/α-hetero) is 1. The number of benzene rings is 1. The number of aromatic nitrogens is 2. The maximum atomic E-state index is 12.0. The maximum Gasteiger partial charge on any atom is 0.206 e. The van der Waals surface area contributed by atoms with Crippen molar-refractivity contribution in [1.82, 2.24) is 9.55 Å². The van der Waals surface area contributed by atoms with Crippen LogP contribution in [-0.4, -0.2) is 25.5 Å². The molecule has 2 atom stereocenters. The van der Waals surface area contributed by atoms with Crippen molar-refractivity contribution in [1.29, 1.82) is 0 Å². The SMILES string of the molecule is CC(=O)c1c(O)c2n(c1O)C(C)(C)C1Cc3cccc4[nH]cc(c34)C21. The molecule has 3 N–H and O–H groups in total. The standard InChI is InChI=1S/C20H20N2O3/c1-9(23)14-18(24)17-16-11-8-21-13-6-4-5-10(15(11)13)7-12(16)20(2,3)22(17)19(14)25/h4-6,8,12,16,21,24-25H,7H2,1-3H3. The molecule has 0 saturated heterocycles. The lowest BCUT2D eigenvalue weighted by Crippen LogP contribution is -2.34. The maximum absolute atomic E-state index is 12.0. The zero-order valence-electron chi connectivity index (χ0n) is 14.4. The van der Waals surface area contributed by atoms with E-state index in [1.165, 1.54) is 17.9 Å². The van der Waals surface area contributed by atoms with E-state index in [-0.39, 0.29) is 34.8 Å². The number of hydrogen-bond donors (Lipinski definition) is 3. The summed E-state index contributed by atoms with van der Waals surface area (Å²) in [6.45, 7) is 5.52. The number of fused-ring (bicyclic) bond motifs is 4. The molecule has 5 rings (SSSR count). The lowest BCUT2D eigenvalue weighted by molar-refractivity contribution is 0.101. The van der Waals surface area contributed by atoms with Crippen LogP contribution in [0.1, 0.15) is 53.9 Å². The van der Waals surface area contributed by atoms with Crippen molar-refractivity contribution < 1.29 is 15.0 Å². The Balaban J connectivity index is 1.87. The molecule has 0 saturated carbocycles. The van der Waals surface area contributed by atoms with Crippen LogP contribution in [0.4, 0.5) is 0 Å². The van der Waals surface area contributed by atoms with Gasteiger partial charge in [-0.25, -0.2) is 0 Å². The molecule has 2 aliphatic rings. The molecule has 5 nitrogen and oxygen atoms in total. The number of hydrogen-bond acceptors (Lipinski definition) is 3. The molecule has 0 bridgehead atoms. The minimum Gasteiger partial charge on any atom is -0.505 e. The summed E-state index contributed by atoms with van der Waals surface area (Å²) in [4.78, 5) is 15.3. The van der Waals surface area contributed by atoms with Crippen LogP contribution in [0.5, 0.6) is 11.6 Å². The van der Waals surface area contributed by atoms with Gasteiger partial charge < -0.3 is 19.8 Å². The highest BCUT2D eigenvalue weighted by Crippen LogP contribution is 2.60. The van der Waals surface area contributed by atoms with Crippen LogP contribution < -0.4 is 0 Å². The van der Waals surface area contributed by atoms with Gasteiger partial charge in [-0.3, -0.25) is 4.79 Å². The normalized spacial score (nSPS) is 22.8. The van der Waals surface area contributed by atoms with Gasteiger partial charge in [0.1, 0.15) is 5.56 Å². The van der Waals surface area contributed by atoms with E-state index in [4.69, 9.17) is 0 Å². The third-order valence-electron chi connectivity index (χ3n) is 6.29. The first kappa shape index (κ1) is 14.6. The summed E-state index contributed by atoms with van der Waals surface area (Å²) in [5, 5.41) is 22.7. The van der Waals surface area contributed by atoms with Crippen LogP contribution >= 0.6 is 0 Å². The lowest BCUT2D eigenvalue weighted by Gasteiger charge is -2.35. The molecule has 0 spiro atoms. The van der Waals surface area contributed by atoms with Gasteiger partial charge in [0.2, 0.25) is 5.88 Å². The molecule has 0 fully saturated rings. The van der Waals surface area contributed by atoms with Crippen molar-refractivity contribution >= 4 is 16.7 Å². The summed E-state index contributed by atoms with van der Waals surface area (Å²) in [6, 6.07) is 6.27. The van der Waals surface area contributed by atoms with Crippen LogP contribution in [0.2, 0.25) is 0 Å². The first-order chi connectivity index (χ1) is 11.8. The third-order valence-corrected chi connectivity index (χ3v) is 6.29. The van der Waals surface area contributed by atoms with Gasteiger partial charge in [-0.05, 0) is 50.3 Å². The molecule has 3 heterocycles. The Morgan fingerprint density at radius 1 is 1.32 bits per heavy atom. The molecule has 0 amide bonds. The second kappa shape index (κ2) is 4.28. The number of aromatic hydroxyl groups is 2. The molecular formula is C20H20N2O3. The summed E-state index contributed by atoms with van der Waals surface area (Å²) in [7, 11) is 0. The number of nitrogens with one attached hydrogen (secondary N) is 1. The average Bonchev–Trinajstić information content (AvgIpc) is 3.14. The molecule has 128 valence electrons. The fourth-order valence-electron chi connectivity index (χ4n) is 5.20. The second-order valence-corrected chi connectivity index (χ2v) is 7.85. The number of nitrogens with zero attached hydrogens (tertiary/aromatic N) is 1. The van der Waals surface area contributed by atoms with E-state index in [1.54, 1.807) is 4.57 Å². The van der Waals surface area contributed by atoms with Gasteiger partial charge in [0.15, 0.2) is 11.5 Å². The van der Waals surface area contributed by atoms with E-state index >= 15 is 0 Å². The molecule has 1 aliphatic heterocycles. The number of ketones is 1. The highest BCUT2D eigenvalue weighted by Gasteiger charge is 2.53. The van der Waals surface area contributed by atoms with E-state index < -0.39 is 5.54 Å². The molecule has 25 heavy (non-hydrogen) atoms. The Hall–Kier alpha value is -2.69. The fraction of sp³-hybridized carbons (Fsp3) is 0.350. The van der Waals surface area contributed by atoms with E-state index in [0.29, 0.717) is 5.69 Å². The second-order valence-electron chi connectivity index (χ2n) is 7.85. The minimum atomic E-state index is -0.410. The summed E-state index contributed by atoms with van der Waals surface area (Å²) in [5.74, 6) is -0.346. The highest BCUT2D eigenvalue weighted by atomic mass is 16.3. The summed E-state index contributed by atoms with van der Waals surface area (Å²) >= 11 is 0. The van der Waals surface area contributed by atoms with Crippen molar-refractivity contribution in [2.24, 2.45) is 5.92 Å². The molecule has 2 aromatic heterocycles. The number of aromatic amines is 1. The predicted octanol–water partition coefficient (Wildman–Crippen LogP) is 3.64. The zero-order chi connectivity index (χ0) is 17.7. The summed E-state index contributed by atoms with van der Waals surface area (Å²) in [5.41, 5.74) is 3.80. The van der Waals surface area contributed by atoms with Crippen LogP contribution in [0.15, 0.2) is 24.4 Å². The van der Waals surface area contributed by atoms with Crippen molar-refractivity contribution in [2.75, 3.05) is 0 Å². The Morgan fingerprint density at radius 2 is 2.08 bits per heavy atom. The fourth-order valence-corrected chi connectivity index (χ4v) is 5.20. The van der Waals surface area contributed by atoms with E-state index in [0.717, 1.165) is 17.5 Å². The monoisotopic (exact) mass is 336 g/mol. The van der Waals surface area contributed by atoms with Gasteiger partial charge in [-0.15, -0.1) is 0 Å². The molecule has 3 aromatic rings. The average molecular weight is 336 g/mol. The first-order valence-electron chi connectivity index (χ1n) is 8.60. The first-order valence-corrected chi connectivity index (χ1v) is 8.60. The highest BCUT2D eigenvalue weighted by molar-refractivity contribution is 6.00. The molecule has 1 aromatic carbocycles. The topological polar surface area (TPSA) is 78.2 Å². The van der Waals surface area contributed by atoms with Gasteiger partial charge in [0, 0.05) is 28.6 Å². The summed E-state index contributed by atoms with van der Waals surface area (Å²) < 4.78 is 1.78. The van der Waals surface area contributed by atoms with Crippen molar-refractivity contribution in [3.8, 4) is 11.6 Å². The Morgan fingerprint density at radius 3 is 2.80 bits per heavy atom. The number of carbonyl (C=O) groups is 1. The Labute approximate surface area is 144 Å². The van der Waals surface area contributed by atoms with Gasteiger partial charge in [-0.1, -0.05) is 12.1 Å². The minimum absolute atomic E-state index is 0.0344. The van der Waals surface area contributed by atoms with Crippen LogP contribution in [0.25, 0.3) is 10.9 Å². The van der Waals surface area contributed by atoms with Crippen molar-refractivity contribution in [3.05, 3.63) is 46.8 Å². The number of H-pyrrole nitrogens is 1. The van der Waals surface area contributed by atoms with E-state index in [1.807, 2.05) is 6.20 Å². The van der Waals surface area contributed by atoms with Gasteiger partial charge >= 0.3 is 0 Å². The predicted molar refractivity (Wildman–Crippen MR) is 94.4 cm³/mol. The van der Waals surface area contributed by atoms with Crippen LogP contribution in [0, 0.1) is 5.92 Å². The van der Waals surface area contributed by atoms with Gasteiger partial charge in [0.25, 0.3) is 0 Å². The Kier molecular flexibility index (Phi) is 2.51. The van der Waals surface area contributed by atoms with Gasteiger partial charge in [0.05, 0.1) is 5.69 Å². The molecular weight excluding hydrogens is 316 g/mol. The van der Waals surface area contributed by atoms with Crippen LogP contribution in [-0.2, 0) is 12.0 Å². The molecule has 2 unspecified atom stereocenters.